The Morgan fingerprint density at radius 3 is 2.55 bits per heavy atom. The third-order valence-electron chi connectivity index (χ3n) is 3.93. The van der Waals surface area contributed by atoms with E-state index in [4.69, 9.17) is 4.98 Å². The molecule has 5 nitrogen and oxygen atoms in total. The Balaban J connectivity index is 2.23. The van der Waals surface area contributed by atoms with Crippen molar-refractivity contribution in [3.63, 3.8) is 0 Å². The van der Waals surface area contributed by atoms with Crippen LogP contribution in [-0.2, 0) is 12.8 Å². The molecule has 1 aromatic heterocycles. The van der Waals surface area contributed by atoms with Gasteiger partial charge in [0.2, 0.25) is 5.95 Å². The molecular formula is C15H27N5. The van der Waals surface area contributed by atoms with Crippen molar-refractivity contribution in [2.24, 2.45) is 0 Å². The van der Waals surface area contributed by atoms with Gasteiger partial charge in [0, 0.05) is 19.1 Å². The van der Waals surface area contributed by atoms with Crippen LogP contribution in [0.25, 0.3) is 0 Å². The first kappa shape index (κ1) is 15.2. The van der Waals surface area contributed by atoms with Gasteiger partial charge in [-0.05, 0) is 38.6 Å². The number of piperidine rings is 1. The van der Waals surface area contributed by atoms with Gasteiger partial charge in [-0.2, -0.15) is 5.10 Å². The van der Waals surface area contributed by atoms with Gasteiger partial charge in [0.05, 0.1) is 11.4 Å². The minimum Gasteiger partial charge on any atom is -0.335 e. The summed E-state index contributed by atoms with van der Waals surface area (Å²) in [4.78, 5) is 7.13. The first-order valence-corrected chi connectivity index (χ1v) is 7.99. The van der Waals surface area contributed by atoms with Crippen LogP contribution in [0.2, 0.25) is 0 Å². The van der Waals surface area contributed by atoms with Crippen molar-refractivity contribution in [2.75, 3.05) is 24.5 Å². The number of nitrogens with zero attached hydrogens (tertiary/aromatic N) is 4. The normalized spacial score (nSPS) is 19.1. The monoisotopic (exact) mass is 277 g/mol. The summed E-state index contributed by atoms with van der Waals surface area (Å²) in [6.07, 6.45) is 5.38. The third-order valence-corrected chi connectivity index (χ3v) is 3.93. The van der Waals surface area contributed by atoms with Gasteiger partial charge in [0.25, 0.3) is 0 Å². The van der Waals surface area contributed by atoms with Crippen molar-refractivity contribution in [2.45, 2.75) is 58.9 Å². The Morgan fingerprint density at radius 1 is 1.15 bits per heavy atom. The number of rotatable bonds is 6. The predicted octanol–water partition coefficient (Wildman–Crippen LogP) is 1.96. The van der Waals surface area contributed by atoms with Crippen molar-refractivity contribution in [3.8, 4) is 0 Å². The number of hydrogen-bond donors (Lipinski definition) is 1. The van der Waals surface area contributed by atoms with E-state index in [1.807, 2.05) is 0 Å². The van der Waals surface area contributed by atoms with Crippen molar-refractivity contribution in [1.82, 2.24) is 20.5 Å². The molecule has 1 aromatic rings. The second-order valence-electron chi connectivity index (χ2n) is 5.41. The SMILES string of the molecule is CCCN(c1nnc(CC)c(CC)n1)C1CCCNC1. The van der Waals surface area contributed by atoms with Crippen LogP contribution in [0.15, 0.2) is 0 Å². The fraction of sp³-hybridized carbons (Fsp3) is 0.800. The maximum Gasteiger partial charge on any atom is 0.245 e. The standard InChI is InChI=1S/C15H27N5/c1-4-10-20(12-8-7-9-16-11-12)15-17-13(5-2)14(6-3)18-19-15/h12,16H,4-11H2,1-3H3. The highest BCUT2D eigenvalue weighted by molar-refractivity contribution is 5.32. The van der Waals surface area contributed by atoms with Crippen LogP contribution in [0.4, 0.5) is 5.95 Å². The van der Waals surface area contributed by atoms with Gasteiger partial charge in [-0.3, -0.25) is 0 Å². The summed E-state index contributed by atoms with van der Waals surface area (Å²) in [7, 11) is 0. The van der Waals surface area contributed by atoms with E-state index in [2.05, 4.69) is 41.2 Å². The summed E-state index contributed by atoms with van der Waals surface area (Å²) in [5.74, 6) is 0.814. The first-order valence-electron chi connectivity index (χ1n) is 7.99. The van der Waals surface area contributed by atoms with Crippen molar-refractivity contribution < 1.29 is 0 Å². The maximum absolute atomic E-state index is 4.78. The minimum absolute atomic E-state index is 0.502. The van der Waals surface area contributed by atoms with Gasteiger partial charge in [-0.15, -0.1) is 5.10 Å². The molecule has 20 heavy (non-hydrogen) atoms. The molecule has 112 valence electrons. The summed E-state index contributed by atoms with van der Waals surface area (Å²) in [6, 6.07) is 0.502. The summed E-state index contributed by atoms with van der Waals surface area (Å²) in [5.41, 5.74) is 2.14. The van der Waals surface area contributed by atoms with Crippen LogP contribution in [0.5, 0.6) is 0 Å². The van der Waals surface area contributed by atoms with E-state index in [1.165, 1.54) is 12.8 Å². The van der Waals surface area contributed by atoms with Crippen LogP contribution in [0.1, 0.15) is 51.4 Å². The Labute approximate surface area is 122 Å². The molecule has 1 saturated heterocycles. The van der Waals surface area contributed by atoms with E-state index in [0.717, 1.165) is 56.2 Å². The average molecular weight is 277 g/mol. The van der Waals surface area contributed by atoms with Gasteiger partial charge in [0.15, 0.2) is 0 Å². The van der Waals surface area contributed by atoms with Crippen LogP contribution in [0, 0.1) is 0 Å². The lowest BCUT2D eigenvalue weighted by molar-refractivity contribution is 0.425. The second-order valence-corrected chi connectivity index (χ2v) is 5.41. The van der Waals surface area contributed by atoms with E-state index in [0.29, 0.717) is 6.04 Å². The summed E-state index contributed by atoms with van der Waals surface area (Å²) >= 11 is 0. The van der Waals surface area contributed by atoms with Crippen LogP contribution in [-0.4, -0.2) is 40.9 Å². The molecule has 2 heterocycles. The largest absolute Gasteiger partial charge is 0.335 e. The highest BCUT2D eigenvalue weighted by atomic mass is 15.3. The fourth-order valence-corrected chi connectivity index (χ4v) is 2.84. The molecule has 1 fully saturated rings. The Morgan fingerprint density at radius 2 is 1.95 bits per heavy atom. The zero-order valence-electron chi connectivity index (χ0n) is 13.0. The molecule has 0 radical (unpaired) electrons. The predicted molar refractivity (Wildman–Crippen MR) is 82.1 cm³/mol. The molecule has 0 spiro atoms. The van der Waals surface area contributed by atoms with Gasteiger partial charge in [0.1, 0.15) is 0 Å². The van der Waals surface area contributed by atoms with Crippen LogP contribution in [0.3, 0.4) is 0 Å². The van der Waals surface area contributed by atoms with Gasteiger partial charge >= 0.3 is 0 Å². The van der Waals surface area contributed by atoms with E-state index in [1.54, 1.807) is 0 Å². The molecule has 1 atom stereocenters. The Bertz CT molecular complexity index is 415. The van der Waals surface area contributed by atoms with E-state index in [9.17, 15) is 0 Å². The van der Waals surface area contributed by atoms with Gasteiger partial charge in [-0.1, -0.05) is 20.8 Å². The lowest BCUT2D eigenvalue weighted by Crippen LogP contribution is -2.47. The van der Waals surface area contributed by atoms with Crippen molar-refractivity contribution in [3.05, 3.63) is 11.4 Å². The molecule has 0 aromatic carbocycles. The second kappa shape index (κ2) is 7.53. The number of nitrogens with one attached hydrogen (secondary N) is 1. The maximum atomic E-state index is 4.78. The number of hydrogen-bond acceptors (Lipinski definition) is 5. The zero-order valence-corrected chi connectivity index (χ0v) is 13.0. The summed E-state index contributed by atoms with van der Waals surface area (Å²) in [5, 5.41) is 12.3. The highest BCUT2D eigenvalue weighted by Crippen LogP contribution is 2.18. The highest BCUT2D eigenvalue weighted by Gasteiger charge is 2.23. The minimum atomic E-state index is 0.502. The van der Waals surface area contributed by atoms with Crippen LogP contribution < -0.4 is 10.2 Å². The molecule has 1 aliphatic heterocycles. The molecular weight excluding hydrogens is 250 g/mol. The summed E-state index contributed by atoms with van der Waals surface area (Å²) < 4.78 is 0. The molecule has 1 unspecified atom stereocenters. The molecule has 0 amide bonds. The third kappa shape index (κ3) is 3.45. The van der Waals surface area contributed by atoms with Crippen molar-refractivity contribution in [1.29, 1.82) is 0 Å². The fourth-order valence-electron chi connectivity index (χ4n) is 2.84. The first-order chi connectivity index (χ1) is 9.80. The molecule has 2 rings (SSSR count). The topological polar surface area (TPSA) is 53.9 Å². The smallest absolute Gasteiger partial charge is 0.245 e. The Kier molecular flexibility index (Phi) is 5.71. The van der Waals surface area contributed by atoms with Gasteiger partial charge < -0.3 is 10.2 Å². The molecule has 0 aliphatic carbocycles. The van der Waals surface area contributed by atoms with Gasteiger partial charge in [-0.25, -0.2) is 4.98 Å². The molecule has 0 bridgehead atoms. The van der Waals surface area contributed by atoms with E-state index < -0.39 is 0 Å². The number of aromatic nitrogens is 3. The lowest BCUT2D eigenvalue weighted by atomic mass is 10.1. The van der Waals surface area contributed by atoms with E-state index in [-0.39, 0.29) is 0 Å². The summed E-state index contributed by atoms with van der Waals surface area (Å²) in [6.45, 7) is 9.62. The molecule has 5 heteroatoms. The lowest BCUT2D eigenvalue weighted by Gasteiger charge is -2.34. The zero-order chi connectivity index (χ0) is 14.4. The number of anilines is 1. The molecule has 1 N–H and O–H groups in total. The quantitative estimate of drug-likeness (QED) is 0.861. The molecule has 1 aliphatic rings. The molecule has 0 saturated carbocycles. The van der Waals surface area contributed by atoms with Crippen LogP contribution >= 0.6 is 0 Å². The Hall–Kier alpha value is -1.23. The average Bonchev–Trinajstić information content (AvgIpc) is 2.52. The van der Waals surface area contributed by atoms with Crippen molar-refractivity contribution >= 4 is 5.95 Å². The van der Waals surface area contributed by atoms with E-state index >= 15 is 0 Å². The number of aryl methyl sites for hydroxylation is 2.